The van der Waals surface area contributed by atoms with E-state index >= 15 is 0 Å². The number of nitrogens with zero attached hydrogens (tertiary/aromatic N) is 1. The van der Waals surface area contributed by atoms with Gasteiger partial charge < -0.3 is 19.5 Å². The number of amides is 1. The standard InChI is InChI=1S/C22H20F4N2O4S/c1-30-17-8-7-13(9-14(17)11-32-12-22(25,26)20(23)24)10-15-19(29)28(21(33)27-15)16-5-3-4-6-18(16)31-2/h3-10,20H,11-12H2,1-2H3,(H,27,33)/b15-10+. The van der Waals surface area contributed by atoms with Gasteiger partial charge in [0.25, 0.3) is 5.91 Å². The molecule has 11 heteroatoms. The molecule has 0 spiro atoms. The summed E-state index contributed by atoms with van der Waals surface area (Å²) in [6, 6.07) is 11.6. The summed E-state index contributed by atoms with van der Waals surface area (Å²) in [6.07, 6.45) is -2.31. The van der Waals surface area contributed by atoms with Gasteiger partial charge in [0.05, 0.1) is 26.5 Å². The SMILES string of the molecule is COc1ccc(/C=C2/NC(=S)N(c3ccccc3OC)C2=O)cc1COCC(F)(F)C(F)F. The van der Waals surface area contributed by atoms with Crippen LogP contribution < -0.4 is 19.7 Å². The van der Waals surface area contributed by atoms with Crippen molar-refractivity contribution in [3.8, 4) is 11.5 Å². The molecule has 2 aromatic rings. The summed E-state index contributed by atoms with van der Waals surface area (Å²) in [5, 5.41) is 3.00. The zero-order chi connectivity index (χ0) is 24.2. The Morgan fingerprint density at radius 2 is 1.82 bits per heavy atom. The molecule has 33 heavy (non-hydrogen) atoms. The van der Waals surface area contributed by atoms with Gasteiger partial charge >= 0.3 is 12.3 Å². The van der Waals surface area contributed by atoms with Crippen LogP contribution in [-0.2, 0) is 16.1 Å². The van der Waals surface area contributed by atoms with Crippen LogP contribution in [0.15, 0.2) is 48.2 Å². The van der Waals surface area contributed by atoms with Crippen molar-refractivity contribution in [2.45, 2.75) is 19.0 Å². The molecule has 0 aromatic heterocycles. The van der Waals surface area contributed by atoms with E-state index in [9.17, 15) is 22.4 Å². The Morgan fingerprint density at radius 1 is 1.12 bits per heavy atom. The van der Waals surface area contributed by atoms with Gasteiger partial charge in [0.15, 0.2) is 5.11 Å². The highest BCUT2D eigenvalue weighted by Gasteiger charge is 2.41. The second kappa shape index (κ2) is 10.2. The van der Waals surface area contributed by atoms with E-state index in [0.717, 1.165) is 0 Å². The maximum absolute atomic E-state index is 13.1. The van der Waals surface area contributed by atoms with Crippen molar-refractivity contribution in [1.82, 2.24) is 5.32 Å². The molecule has 1 saturated heterocycles. The summed E-state index contributed by atoms with van der Waals surface area (Å²) in [5.41, 5.74) is 1.49. The molecule has 0 atom stereocenters. The van der Waals surface area contributed by atoms with E-state index in [-0.39, 0.29) is 10.8 Å². The van der Waals surface area contributed by atoms with Crippen LogP contribution in [0.4, 0.5) is 23.2 Å². The molecule has 0 saturated carbocycles. The van der Waals surface area contributed by atoms with Gasteiger partial charge in [-0.25, -0.2) is 13.7 Å². The second-order valence-corrected chi connectivity index (χ2v) is 7.31. The molecule has 1 aliphatic rings. The number of benzene rings is 2. The van der Waals surface area contributed by atoms with Gasteiger partial charge in [-0.1, -0.05) is 18.2 Å². The number of thiocarbonyl (C=S) groups is 1. The molecule has 1 amide bonds. The van der Waals surface area contributed by atoms with Crippen LogP contribution >= 0.6 is 12.2 Å². The normalized spacial score (nSPS) is 15.4. The molecule has 1 fully saturated rings. The minimum absolute atomic E-state index is 0.155. The highest BCUT2D eigenvalue weighted by atomic mass is 32.1. The number of hydrogen-bond donors (Lipinski definition) is 1. The molecular weight excluding hydrogens is 464 g/mol. The van der Waals surface area contributed by atoms with Crippen LogP contribution in [0.5, 0.6) is 11.5 Å². The lowest BCUT2D eigenvalue weighted by Gasteiger charge is -2.17. The largest absolute Gasteiger partial charge is 0.496 e. The van der Waals surface area contributed by atoms with Crippen LogP contribution in [0.25, 0.3) is 6.08 Å². The van der Waals surface area contributed by atoms with Gasteiger partial charge in [-0.05, 0) is 48.1 Å². The average Bonchev–Trinajstić information content (AvgIpc) is 3.06. The first-order chi connectivity index (χ1) is 15.7. The summed E-state index contributed by atoms with van der Waals surface area (Å²) in [6.45, 7) is -1.84. The van der Waals surface area contributed by atoms with Crippen molar-refractivity contribution in [2.75, 3.05) is 25.7 Å². The van der Waals surface area contributed by atoms with Crippen LogP contribution in [0.3, 0.4) is 0 Å². The molecule has 1 aliphatic heterocycles. The van der Waals surface area contributed by atoms with Crippen molar-refractivity contribution >= 4 is 35.0 Å². The van der Waals surface area contributed by atoms with Crippen LogP contribution in [-0.4, -0.2) is 44.2 Å². The van der Waals surface area contributed by atoms with E-state index in [0.29, 0.717) is 28.3 Å². The maximum Gasteiger partial charge on any atom is 0.330 e. The zero-order valence-corrected chi connectivity index (χ0v) is 18.4. The fourth-order valence-corrected chi connectivity index (χ4v) is 3.39. The highest BCUT2D eigenvalue weighted by molar-refractivity contribution is 7.80. The number of methoxy groups -OCH3 is 2. The molecule has 2 aromatic carbocycles. The van der Waals surface area contributed by atoms with Gasteiger partial charge in [0, 0.05) is 5.56 Å². The van der Waals surface area contributed by atoms with Gasteiger partial charge in [-0.2, -0.15) is 8.78 Å². The molecule has 6 nitrogen and oxygen atoms in total. The number of halogens is 4. The second-order valence-electron chi connectivity index (χ2n) is 6.93. The predicted octanol–water partition coefficient (Wildman–Crippen LogP) is 4.38. The first-order valence-electron chi connectivity index (χ1n) is 9.58. The summed E-state index contributed by atoms with van der Waals surface area (Å²) < 4.78 is 66.1. The molecule has 0 radical (unpaired) electrons. The van der Waals surface area contributed by atoms with E-state index < -0.39 is 31.5 Å². The number of nitrogens with one attached hydrogen (secondary N) is 1. The van der Waals surface area contributed by atoms with E-state index in [2.05, 4.69) is 5.32 Å². The third-order valence-corrected chi connectivity index (χ3v) is 4.98. The Hall–Kier alpha value is -3.18. The van der Waals surface area contributed by atoms with Gasteiger partial charge in [0.2, 0.25) is 0 Å². The van der Waals surface area contributed by atoms with Crippen molar-refractivity contribution < 1.29 is 36.6 Å². The Kier molecular flexibility index (Phi) is 7.54. The van der Waals surface area contributed by atoms with Crippen LogP contribution in [0.2, 0.25) is 0 Å². The van der Waals surface area contributed by atoms with Gasteiger partial charge in [0.1, 0.15) is 23.8 Å². The lowest BCUT2D eigenvalue weighted by Crippen LogP contribution is -2.32. The summed E-state index contributed by atoms with van der Waals surface area (Å²) in [4.78, 5) is 14.3. The van der Waals surface area contributed by atoms with E-state index in [4.69, 9.17) is 26.4 Å². The molecule has 3 rings (SSSR count). The van der Waals surface area contributed by atoms with Gasteiger partial charge in [-0.15, -0.1) is 0 Å². The molecule has 1 N–H and O–H groups in total. The van der Waals surface area contributed by atoms with Gasteiger partial charge in [-0.3, -0.25) is 4.79 Å². The number of rotatable bonds is 9. The molecule has 0 bridgehead atoms. The lowest BCUT2D eigenvalue weighted by atomic mass is 10.1. The summed E-state index contributed by atoms with van der Waals surface area (Å²) in [5.74, 6) is -3.91. The predicted molar refractivity (Wildman–Crippen MR) is 118 cm³/mol. The Balaban J connectivity index is 1.82. The Bertz CT molecular complexity index is 1080. The van der Waals surface area contributed by atoms with Crippen molar-refractivity contribution in [1.29, 1.82) is 0 Å². The van der Waals surface area contributed by atoms with Crippen LogP contribution in [0.1, 0.15) is 11.1 Å². The first kappa shape index (κ1) is 24.5. The van der Waals surface area contributed by atoms with Crippen molar-refractivity contribution in [2.24, 2.45) is 0 Å². The molecule has 0 unspecified atom stereocenters. The number of alkyl halides is 4. The van der Waals surface area contributed by atoms with Crippen molar-refractivity contribution in [3.05, 3.63) is 59.3 Å². The number of ether oxygens (including phenoxy) is 3. The fourth-order valence-electron chi connectivity index (χ4n) is 3.10. The first-order valence-corrected chi connectivity index (χ1v) is 9.99. The minimum atomic E-state index is -4.26. The summed E-state index contributed by atoms with van der Waals surface area (Å²) in [7, 11) is 2.85. The smallest absolute Gasteiger partial charge is 0.330 e. The number of anilines is 1. The molecule has 0 aliphatic carbocycles. The van der Waals surface area contributed by atoms with E-state index in [1.807, 2.05) is 0 Å². The maximum atomic E-state index is 13.1. The third kappa shape index (κ3) is 5.42. The third-order valence-electron chi connectivity index (χ3n) is 4.69. The topological polar surface area (TPSA) is 60.0 Å². The quantitative estimate of drug-likeness (QED) is 0.324. The van der Waals surface area contributed by atoms with Crippen molar-refractivity contribution in [3.63, 3.8) is 0 Å². The van der Waals surface area contributed by atoms with Crippen LogP contribution in [0, 0.1) is 0 Å². The number of para-hydroxylation sites is 2. The zero-order valence-electron chi connectivity index (χ0n) is 17.6. The fraction of sp³-hybridized carbons (Fsp3) is 0.273. The number of hydrogen-bond acceptors (Lipinski definition) is 5. The monoisotopic (exact) mass is 484 g/mol. The molecular formula is C22H20F4N2O4S. The lowest BCUT2D eigenvalue weighted by molar-refractivity contribution is -0.168. The van der Waals surface area contributed by atoms with E-state index in [1.165, 1.54) is 31.3 Å². The minimum Gasteiger partial charge on any atom is -0.496 e. The highest BCUT2D eigenvalue weighted by Crippen LogP contribution is 2.32. The number of carbonyl (C=O) groups is 1. The average molecular weight is 484 g/mol. The Labute approximate surface area is 192 Å². The number of carbonyl (C=O) groups excluding carboxylic acids is 1. The van der Waals surface area contributed by atoms with E-state index in [1.54, 1.807) is 36.4 Å². The summed E-state index contributed by atoms with van der Waals surface area (Å²) >= 11 is 5.30. The molecule has 176 valence electrons. The Morgan fingerprint density at radius 3 is 2.48 bits per heavy atom. The molecule has 1 heterocycles.